The van der Waals surface area contributed by atoms with E-state index in [1.54, 1.807) is 16.8 Å². The van der Waals surface area contributed by atoms with Gasteiger partial charge in [0.05, 0.1) is 6.20 Å². The van der Waals surface area contributed by atoms with E-state index in [0.717, 1.165) is 19.5 Å². The van der Waals surface area contributed by atoms with Gasteiger partial charge < -0.3 is 9.88 Å². The van der Waals surface area contributed by atoms with E-state index in [1.165, 1.54) is 19.3 Å². The number of aryl methyl sites for hydroxylation is 1. The van der Waals surface area contributed by atoms with Gasteiger partial charge >= 0.3 is 0 Å². The van der Waals surface area contributed by atoms with Crippen molar-refractivity contribution >= 4 is 5.52 Å². The molecule has 2 unspecified atom stereocenters. The Labute approximate surface area is 118 Å². The Morgan fingerprint density at radius 2 is 2.30 bits per heavy atom. The molecule has 0 bridgehead atoms. The van der Waals surface area contributed by atoms with Crippen molar-refractivity contribution in [2.45, 2.75) is 45.2 Å². The number of nitrogens with zero attached hydrogens (tertiary/aromatic N) is 3. The lowest BCUT2D eigenvalue weighted by Gasteiger charge is -2.20. The lowest BCUT2D eigenvalue weighted by atomic mass is 9.99. The SMILES string of the molecule is CCNC1CCCC1CCn1ccn2nccc2c1=O. The summed E-state index contributed by atoms with van der Waals surface area (Å²) in [6.07, 6.45) is 10.3. The molecule has 1 saturated carbocycles. The Balaban J connectivity index is 1.70. The summed E-state index contributed by atoms with van der Waals surface area (Å²) in [6.45, 7) is 3.99. The first-order valence-corrected chi connectivity index (χ1v) is 7.55. The number of rotatable bonds is 5. The average molecular weight is 274 g/mol. The van der Waals surface area contributed by atoms with Gasteiger partial charge in [0.25, 0.3) is 5.56 Å². The molecule has 0 spiro atoms. The smallest absolute Gasteiger partial charge is 0.276 e. The molecule has 0 saturated heterocycles. The first kappa shape index (κ1) is 13.4. The van der Waals surface area contributed by atoms with Crippen molar-refractivity contribution in [1.29, 1.82) is 0 Å². The van der Waals surface area contributed by atoms with E-state index in [4.69, 9.17) is 0 Å². The van der Waals surface area contributed by atoms with Gasteiger partial charge in [-0.2, -0.15) is 5.10 Å². The number of aromatic nitrogens is 3. The van der Waals surface area contributed by atoms with E-state index in [-0.39, 0.29) is 5.56 Å². The highest BCUT2D eigenvalue weighted by Crippen LogP contribution is 2.28. The molecule has 0 amide bonds. The van der Waals surface area contributed by atoms with Crippen molar-refractivity contribution in [3.05, 3.63) is 35.0 Å². The molecule has 2 atom stereocenters. The van der Waals surface area contributed by atoms with Crippen molar-refractivity contribution in [1.82, 2.24) is 19.5 Å². The van der Waals surface area contributed by atoms with Gasteiger partial charge in [-0.1, -0.05) is 13.3 Å². The van der Waals surface area contributed by atoms with Crippen LogP contribution in [0, 0.1) is 5.92 Å². The molecular formula is C15H22N4O. The zero-order valence-corrected chi connectivity index (χ0v) is 12.0. The van der Waals surface area contributed by atoms with Crippen LogP contribution in [0.5, 0.6) is 0 Å². The summed E-state index contributed by atoms with van der Waals surface area (Å²) in [7, 11) is 0. The molecule has 3 rings (SSSR count). The third-order valence-corrected chi connectivity index (χ3v) is 4.40. The van der Waals surface area contributed by atoms with Crippen LogP contribution in [0.4, 0.5) is 0 Å². The fraction of sp³-hybridized carbons (Fsp3) is 0.600. The second-order valence-corrected chi connectivity index (χ2v) is 5.60. The Morgan fingerprint density at radius 3 is 3.15 bits per heavy atom. The van der Waals surface area contributed by atoms with Gasteiger partial charge in [0.2, 0.25) is 0 Å². The summed E-state index contributed by atoms with van der Waals surface area (Å²) >= 11 is 0. The zero-order valence-electron chi connectivity index (χ0n) is 12.0. The minimum Gasteiger partial charge on any atom is -0.314 e. The highest BCUT2D eigenvalue weighted by Gasteiger charge is 2.26. The van der Waals surface area contributed by atoms with Gasteiger partial charge in [0, 0.05) is 25.0 Å². The Hall–Kier alpha value is -1.62. The van der Waals surface area contributed by atoms with Crippen LogP contribution < -0.4 is 10.9 Å². The minimum atomic E-state index is 0.0583. The third-order valence-electron chi connectivity index (χ3n) is 4.40. The van der Waals surface area contributed by atoms with Crippen LogP contribution >= 0.6 is 0 Å². The van der Waals surface area contributed by atoms with Crippen LogP contribution in [0.1, 0.15) is 32.6 Å². The monoisotopic (exact) mass is 274 g/mol. The van der Waals surface area contributed by atoms with Gasteiger partial charge in [-0.3, -0.25) is 4.79 Å². The van der Waals surface area contributed by atoms with E-state index in [0.29, 0.717) is 17.5 Å². The third kappa shape index (κ3) is 2.50. The van der Waals surface area contributed by atoms with Gasteiger partial charge in [0.1, 0.15) is 5.52 Å². The largest absolute Gasteiger partial charge is 0.314 e. The van der Waals surface area contributed by atoms with Crippen molar-refractivity contribution < 1.29 is 0 Å². The van der Waals surface area contributed by atoms with Gasteiger partial charge in [-0.15, -0.1) is 0 Å². The van der Waals surface area contributed by atoms with Crippen LogP contribution in [-0.4, -0.2) is 26.8 Å². The highest BCUT2D eigenvalue weighted by atomic mass is 16.1. The fourth-order valence-corrected chi connectivity index (χ4v) is 3.36. The fourth-order valence-electron chi connectivity index (χ4n) is 3.36. The quantitative estimate of drug-likeness (QED) is 0.902. The van der Waals surface area contributed by atoms with Crippen LogP contribution in [0.25, 0.3) is 5.52 Å². The predicted octanol–water partition coefficient (Wildman–Crippen LogP) is 1.66. The first-order chi connectivity index (χ1) is 9.79. The van der Waals surface area contributed by atoms with Crippen molar-refractivity contribution in [2.75, 3.05) is 6.54 Å². The maximum atomic E-state index is 12.3. The van der Waals surface area contributed by atoms with Crippen LogP contribution in [0.2, 0.25) is 0 Å². The Morgan fingerprint density at radius 1 is 1.40 bits per heavy atom. The second kappa shape index (κ2) is 5.79. The van der Waals surface area contributed by atoms with Crippen molar-refractivity contribution in [2.24, 2.45) is 5.92 Å². The number of fused-ring (bicyclic) bond motifs is 1. The normalized spacial score (nSPS) is 22.6. The first-order valence-electron chi connectivity index (χ1n) is 7.55. The number of hydrogen-bond acceptors (Lipinski definition) is 3. The van der Waals surface area contributed by atoms with Crippen LogP contribution in [-0.2, 0) is 6.54 Å². The van der Waals surface area contributed by atoms with Crippen molar-refractivity contribution in [3.8, 4) is 0 Å². The summed E-state index contributed by atoms with van der Waals surface area (Å²) in [5.41, 5.74) is 0.713. The lowest BCUT2D eigenvalue weighted by Crippen LogP contribution is -2.33. The lowest BCUT2D eigenvalue weighted by molar-refractivity contribution is 0.364. The minimum absolute atomic E-state index is 0.0583. The van der Waals surface area contributed by atoms with Gasteiger partial charge in [0.15, 0.2) is 0 Å². The molecule has 2 aromatic heterocycles. The van der Waals surface area contributed by atoms with Gasteiger partial charge in [-0.25, -0.2) is 4.52 Å². The predicted molar refractivity (Wildman–Crippen MR) is 78.9 cm³/mol. The summed E-state index contributed by atoms with van der Waals surface area (Å²) < 4.78 is 3.45. The number of hydrogen-bond donors (Lipinski definition) is 1. The Kier molecular flexibility index (Phi) is 3.87. The molecular weight excluding hydrogens is 252 g/mol. The van der Waals surface area contributed by atoms with Gasteiger partial charge in [-0.05, 0) is 37.8 Å². The standard InChI is InChI=1S/C15H22N4O/c1-2-16-13-5-3-4-12(13)7-9-18-10-11-19-14(15(18)20)6-8-17-19/h6,8,10-13,16H,2-5,7,9H2,1H3. The molecule has 2 aromatic rings. The van der Waals surface area contributed by atoms with E-state index in [1.807, 2.05) is 17.0 Å². The molecule has 0 aromatic carbocycles. The van der Waals surface area contributed by atoms with Crippen molar-refractivity contribution in [3.63, 3.8) is 0 Å². The molecule has 108 valence electrons. The number of nitrogens with one attached hydrogen (secondary N) is 1. The second-order valence-electron chi connectivity index (χ2n) is 5.60. The maximum absolute atomic E-state index is 12.3. The highest BCUT2D eigenvalue weighted by molar-refractivity contribution is 5.42. The molecule has 1 aliphatic rings. The molecule has 20 heavy (non-hydrogen) atoms. The van der Waals surface area contributed by atoms with E-state index in [2.05, 4.69) is 17.3 Å². The average Bonchev–Trinajstić information content (AvgIpc) is 3.08. The summed E-state index contributed by atoms with van der Waals surface area (Å²) in [5.74, 6) is 0.697. The maximum Gasteiger partial charge on any atom is 0.276 e. The Bertz CT molecular complexity index is 630. The summed E-state index contributed by atoms with van der Waals surface area (Å²) in [4.78, 5) is 12.3. The van der Waals surface area contributed by atoms with E-state index < -0.39 is 0 Å². The van der Waals surface area contributed by atoms with Crippen LogP contribution in [0.3, 0.4) is 0 Å². The topological polar surface area (TPSA) is 51.3 Å². The molecule has 5 heteroatoms. The molecule has 5 nitrogen and oxygen atoms in total. The molecule has 1 aliphatic carbocycles. The van der Waals surface area contributed by atoms with Crippen LogP contribution in [0.15, 0.2) is 29.5 Å². The summed E-state index contributed by atoms with van der Waals surface area (Å²) in [6, 6.07) is 2.41. The van der Waals surface area contributed by atoms with E-state index >= 15 is 0 Å². The van der Waals surface area contributed by atoms with E-state index in [9.17, 15) is 4.79 Å². The molecule has 0 aliphatic heterocycles. The zero-order chi connectivity index (χ0) is 13.9. The molecule has 1 fully saturated rings. The summed E-state index contributed by atoms with van der Waals surface area (Å²) in [5, 5.41) is 7.66. The molecule has 0 radical (unpaired) electrons. The molecule has 2 heterocycles. The molecule has 1 N–H and O–H groups in total.